The lowest BCUT2D eigenvalue weighted by Gasteiger charge is -2.01. The highest BCUT2D eigenvalue weighted by molar-refractivity contribution is 9.10. The first-order chi connectivity index (χ1) is 6.72. The molecule has 0 atom stereocenters. The number of hydrogen-bond acceptors (Lipinski definition) is 2. The van der Waals surface area contributed by atoms with Gasteiger partial charge in [-0.25, -0.2) is 4.98 Å². The van der Waals surface area contributed by atoms with Crippen molar-refractivity contribution < 1.29 is 0 Å². The number of aromatic nitrogens is 2. The Kier molecular flexibility index (Phi) is 2.56. The third kappa shape index (κ3) is 1.55. The van der Waals surface area contributed by atoms with Crippen molar-refractivity contribution in [1.82, 2.24) is 14.7 Å². The summed E-state index contributed by atoms with van der Waals surface area (Å²) in [6, 6.07) is 4.24. The summed E-state index contributed by atoms with van der Waals surface area (Å²) in [6.45, 7) is 2.88. The van der Waals surface area contributed by atoms with Crippen molar-refractivity contribution in [2.75, 3.05) is 7.05 Å². The minimum absolute atomic E-state index is 0.882. The summed E-state index contributed by atoms with van der Waals surface area (Å²) in [5.41, 5.74) is 2.39. The fraction of sp³-hybridized carbons (Fsp3) is 0.300. The van der Waals surface area contributed by atoms with Gasteiger partial charge in [-0.1, -0.05) is 0 Å². The zero-order chi connectivity index (χ0) is 10.1. The van der Waals surface area contributed by atoms with E-state index < -0.39 is 0 Å². The van der Waals surface area contributed by atoms with E-state index in [2.05, 4.69) is 49.0 Å². The molecule has 0 fully saturated rings. The van der Waals surface area contributed by atoms with Gasteiger partial charge in [-0.3, -0.25) is 0 Å². The van der Waals surface area contributed by atoms with Crippen molar-refractivity contribution in [1.29, 1.82) is 0 Å². The fourth-order valence-corrected chi connectivity index (χ4v) is 2.11. The molecule has 74 valence electrons. The number of nitrogens with one attached hydrogen (secondary N) is 1. The van der Waals surface area contributed by atoms with Crippen molar-refractivity contribution in [3.05, 3.63) is 34.3 Å². The molecule has 14 heavy (non-hydrogen) atoms. The van der Waals surface area contributed by atoms with Crippen molar-refractivity contribution in [3.63, 3.8) is 0 Å². The Hall–Kier alpha value is -0.870. The number of hydrogen-bond donors (Lipinski definition) is 1. The molecule has 0 aliphatic heterocycles. The van der Waals surface area contributed by atoms with E-state index in [-0.39, 0.29) is 0 Å². The van der Waals surface area contributed by atoms with Crippen LogP contribution in [0.2, 0.25) is 0 Å². The van der Waals surface area contributed by atoms with Crippen molar-refractivity contribution >= 4 is 21.4 Å². The summed E-state index contributed by atoms with van der Waals surface area (Å²) in [7, 11) is 1.95. The lowest BCUT2D eigenvalue weighted by atomic mass is 10.2. The molecule has 3 nitrogen and oxygen atoms in total. The van der Waals surface area contributed by atoms with Gasteiger partial charge in [0.2, 0.25) is 0 Å². The normalized spacial score (nSPS) is 11.1. The average Bonchev–Trinajstić information content (AvgIpc) is 2.43. The largest absolute Gasteiger partial charge is 0.316 e. The van der Waals surface area contributed by atoms with Gasteiger partial charge < -0.3 is 9.72 Å². The Morgan fingerprint density at radius 3 is 3.07 bits per heavy atom. The van der Waals surface area contributed by atoms with Crippen molar-refractivity contribution in [2.45, 2.75) is 13.5 Å². The molecule has 0 aliphatic rings. The molecule has 0 unspecified atom stereocenters. The maximum absolute atomic E-state index is 4.35. The summed E-state index contributed by atoms with van der Waals surface area (Å²) in [6.07, 6.45) is 2.05. The zero-order valence-electron chi connectivity index (χ0n) is 8.21. The van der Waals surface area contributed by atoms with Crippen molar-refractivity contribution in [2.24, 2.45) is 0 Å². The van der Waals surface area contributed by atoms with Gasteiger partial charge >= 0.3 is 0 Å². The van der Waals surface area contributed by atoms with Gasteiger partial charge in [0.25, 0.3) is 0 Å². The topological polar surface area (TPSA) is 29.3 Å². The van der Waals surface area contributed by atoms with E-state index in [1.165, 1.54) is 5.56 Å². The van der Waals surface area contributed by atoms with Crippen molar-refractivity contribution in [3.8, 4) is 0 Å². The summed E-state index contributed by atoms with van der Waals surface area (Å²) in [5, 5.41) is 3.13. The SMILES string of the molecule is CNCc1ccn2c(C)nc(Br)c2c1. The lowest BCUT2D eigenvalue weighted by Crippen LogP contribution is -2.05. The molecule has 4 heteroatoms. The molecule has 0 amide bonds. The van der Waals surface area contributed by atoms with E-state index in [1.807, 2.05) is 14.0 Å². The standard InChI is InChI=1S/C10H12BrN3/c1-7-13-10(11)9-5-8(6-12-2)3-4-14(7)9/h3-5,12H,6H2,1-2H3. The quantitative estimate of drug-likeness (QED) is 0.889. The third-order valence-corrected chi connectivity index (χ3v) is 2.80. The number of nitrogens with zero attached hydrogens (tertiary/aromatic N) is 2. The van der Waals surface area contributed by atoms with E-state index in [0.29, 0.717) is 0 Å². The van der Waals surface area contributed by atoms with E-state index in [4.69, 9.17) is 0 Å². The van der Waals surface area contributed by atoms with Gasteiger partial charge in [-0.2, -0.15) is 0 Å². The maximum atomic E-state index is 4.35. The fourth-order valence-electron chi connectivity index (χ4n) is 1.55. The molecule has 0 aliphatic carbocycles. The van der Waals surface area contributed by atoms with Crippen LogP contribution in [0.5, 0.6) is 0 Å². The Morgan fingerprint density at radius 1 is 1.57 bits per heavy atom. The predicted molar refractivity (Wildman–Crippen MR) is 60.4 cm³/mol. The van der Waals surface area contributed by atoms with Gasteiger partial charge in [0.05, 0.1) is 5.52 Å². The second-order valence-corrected chi connectivity index (χ2v) is 4.02. The monoisotopic (exact) mass is 253 g/mol. The van der Waals surface area contributed by atoms with Crippen LogP contribution in [0.1, 0.15) is 11.4 Å². The first kappa shape index (κ1) is 9.68. The Bertz CT molecular complexity index is 462. The summed E-state index contributed by atoms with van der Waals surface area (Å²) in [4.78, 5) is 4.35. The molecule has 2 rings (SSSR count). The minimum Gasteiger partial charge on any atom is -0.316 e. The Morgan fingerprint density at radius 2 is 2.36 bits per heavy atom. The Balaban J connectivity index is 2.59. The van der Waals surface area contributed by atoms with Crippen LogP contribution >= 0.6 is 15.9 Å². The molecule has 1 N–H and O–H groups in total. The highest BCUT2D eigenvalue weighted by Crippen LogP contribution is 2.19. The highest BCUT2D eigenvalue weighted by Gasteiger charge is 2.05. The van der Waals surface area contributed by atoms with Gasteiger partial charge in [0.1, 0.15) is 10.4 Å². The molecule has 0 bridgehead atoms. The number of halogens is 1. The molecule has 0 saturated carbocycles. The average molecular weight is 254 g/mol. The maximum Gasteiger partial charge on any atom is 0.132 e. The molecular formula is C10H12BrN3. The first-order valence-corrected chi connectivity index (χ1v) is 5.29. The summed E-state index contributed by atoms with van der Waals surface area (Å²) in [5.74, 6) is 1.00. The summed E-state index contributed by atoms with van der Waals surface area (Å²) >= 11 is 3.45. The van der Waals surface area contributed by atoms with Crippen LogP contribution in [-0.4, -0.2) is 16.4 Å². The number of pyridine rings is 1. The number of aryl methyl sites for hydroxylation is 1. The second kappa shape index (κ2) is 3.71. The summed E-state index contributed by atoms with van der Waals surface area (Å²) < 4.78 is 2.98. The lowest BCUT2D eigenvalue weighted by molar-refractivity contribution is 0.816. The second-order valence-electron chi connectivity index (χ2n) is 3.27. The molecule has 2 aromatic heterocycles. The highest BCUT2D eigenvalue weighted by atomic mass is 79.9. The van der Waals surface area contributed by atoms with Gasteiger partial charge in [-0.15, -0.1) is 0 Å². The molecule has 2 aromatic rings. The van der Waals surface area contributed by atoms with Crippen LogP contribution in [0.4, 0.5) is 0 Å². The van der Waals surface area contributed by atoms with Gasteiger partial charge in [0.15, 0.2) is 0 Å². The van der Waals surface area contributed by atoms with Crippen LogP contribution in [0.15, 0.2) is 22.9 Å². The molecule has 0 aromatic carbocycles. The van der Waals surface area contributed by atoms with Gasteiger partial charge in [0, 0.05) is 12.7 Å². The van der Waals surface area contributed by atoms with Crippen LogP contribution in [-0.2, 0) is 6.54 Å². The van der Waals surface area contributed by atoms with Crippen LogP contribution < -0.4 is 5.32 Å². The molecule has 2 heterocycles. The third-order valence-electron chi connectivity index (χ3n) is 2.22. The predicted octanol–water partition coefficient (Wildman–Crippen LogP) is 2.12. The van der Waals surface area contributed by atoms with E-state index >= 15 is 0 Å². The van der Waals surface area contributed by atoms with Crippen LogP contribution in [0.3, 0.4) is 0 Å². The van der Waals surface area contributed by atoms with Gasteiger partial charge in [-0.05, 0) is 47.6 Å². The molecule has 0 radical (unpaired) electrons. The zero-order valence-corrected chi connectivity index (χ0v) is 9.80. The van der Waals surface area contributed by atoms with E-state index in [1.54, 1.807) is 0 Å². The molecule has 0 spiro atoms. The Labute approximate surface area is 91.3 Å². The van der Waals surface area contributed by atoms with Crippen LogP contribution in [0.25, 0.3) is 5.52 Å². The number of fused-ring (bicyclic) bond motifs is 1. The number of rotatable bonds is 2. The molecule has 0 saturated heterocycles. The van der Waals surface area contributed by atoms with Crippen LogP contribution in [0, 0.1) is 6.92 Å². The van der Waals surface area contributed by atoms with E-state index in [9.17, 15) is 0 Å². The number of imidazole rings is 1. The first-order valence-electron chi connectivity index (χ1n) is 4.50. The smallest absolute Gasteiger partial charge is 0.132 e. The minimum atomic E-state index is 0.882. The molecular weight excluding hydrogens is 242 g/mol. The van der Waals surface area contributed by atoms with E-state index in [0.717, 1.165) is 22.5 Å².